The van der Waals surface area contributed by atoms with E-state index >= 15 is 0 Å². The quantitative estimate of drug-likeness (QED) is 0.659. The summed E-state index contributed by atoms with van der Waals surface area (Å²) >= 11 is 0. The highest BCUT2D eigenvalue weighted by Gasteiger charge is 2.34. The molecule has 0 spiro atoms. The number of hydrogen-bond donors (Lipinski definition) is 0. The number of benzene rings is 2. The second-order valence-electron chi connectivity index (χ2n) is 6.83. The number of para-hydroxylation sites is 1. The number of hydrogen-bond acceptors (Lipinski definition) is 4. The van der Waals surface area contributed by atoms with E-state index in [-0.39, 0.29) is 17.8 Å². The average molecular weight is 380 g/mol. The van der Waals surface area contributed by atoms with Crippen LogP contribution in [0.3, 0.4) is 0 Å². The summed E-state index contributed by atoms with van der Waals surface area (Å²) in [6, 6.07) is 13.4. The molecule has 1 aromatic heterocycles. The van der Waals surface area contributed by atoms with E-state index in [4.69, 9.17) is 9.15 Å². The molecule has 0 aliphatic carbocycles. The average Bonchev–Trinajstić information content (AvgIpc) is 3.36. The van der Waals surface area contributed by atoms with Crippen LogP contribution >= 0.6 is 0 Å². The molecule has 6 heteroatoms. The van der Waals surface area contributed by atoms with Crippen molar-refractivity contribution in [3.05, 3.63) is 83.3 Å². The van der Waals surface area contributed by atoms with E-state index < -0.39 is 0 Å². The Hall–Kier alpha value is -3.15. The molecular formula is C22H21FN2O3. The Balaban J connectivity index is 1.54. The fraction of sp³-hybridized carbons (Fsp3) is 0.273. The van der Waals surface area contributed by atoms with Crippen molar-refractivity contribution in [2.45, 2.75) is 25.3 Å². The molecule has 28 heavy (non-hydrogen) atoms. The van der Waals surface area contributed by atoms with Gasteiger partial charge in [0, 0.05) is 13.0 Å². The van der Waals surface area contributed by atoms with Crippen molar-refractivity contribution in [3.8, 4) is 5.75 Å². The minimum atomic E-state index is -0.276. The number of amides is 1. The lowest BCUT2D eigenvalue weighted by Gasteiger charge is -2.23. The normalized spacial score (nSPS) is 16.4. The molecule has 144 valence electrons. The van der Waals surface area contributed by atoms with Crippen LogP contribution in [-0.4, -0.2) is 29.4 Å². The number of ether oxygens (including phenoxy) is 1. The minimum absolute atomic E-state index is 0.0927. The smallest absolute Gasteiger partial charge is 0.258 e. The summed E-state index contributed by atoms with van der Waals surface area (Å²) in [4.78, 5) is 19.3. The van der Waals surface area contributed by atoms with E-state index in [2.05, 4.69) is 4.98 Å². The van der Waals surface area contributed by atoms with E-state index in [9.17, 15) is 9.18 Å². The molecule has 1 amide bonds. The maximum absolute atomic E-state index is 13.4. The summed E-state index contributed by atoms with van der Waals surface area (Å²) in [5.41, 5.74) is 1.35. The van der Waals surface area contributed by atoms with Gasteiger partial charge in [-0.2, -0.15) is 0 Å². The number of oxazole rings is 1. The van der Waals surface area contributed by atoms with Crippen molar-refractivity contribution in [3.63, 3.8) is 0 Å². The maximum Gasteiger partial charge on any atom is 0.258 e. The summed E-state index contributed by atoms with van der Waals surface area (Å²) < 4.78 is 24.6. The largest absolute Gasteiger partial charge is 0.496 e. The van der Waals surface area contributed by atoms with Gasteiger partial charge in [0.2, 0.25) is 5.89 Å². The summed E-state index contributed by atoms with van der Waals surface area (Å²) in [5, 5.41) is 0. The van der Waals surface area contributed by atoms with Crippen LogP contribution in [0, 0.1) is 5.82 Å². The number of rotatable bonds is 5. The second kappa shape index (κ2) is 7.84. The molecule has 1 aliphatic rings. The first-order valence-corrected chi connectivity index (χ1v) is 9.28. The van der Waals surface area contributed by atoms with Crippen molar-refractivity contribution in [1.82, 2.24) is 9.88 Å². The van der Waals surface area contributed by atoms with Gasteiger partial charge in [0.25, 0.3) is 5.91 Å². The second-order valence-corrected chi connectivity index (χ2v) is 6.83. The zero-order valence-electron chi connectivity index (χ0n) is 15.6. The van der Waals surface area contributed by atoms with E-state index in [1.165, 1.54) is 12.1 Å². The molecule has 0 bridgehead atoms. The number of methoxy groups -OCH3 is 1. The van der Waals surface area contributed by atoms with Crippen LogP contribution in [0.1, 0.15) is 46.5 Å². The third-order valence-electron chi connectivity index (χ3n) is 4.97. The Kier molecular flexibility index (Phi) is 5.10. The monoisotopic (exact) mass is 380 g/mol. The van der Waals surface area contributed by atoms with Crippen LogP contribution in [0.4, 0.5) is 4.39 Å². The Bertz CT molecular complexity index is 985. The molecule has 1 fully saturated rings. The molecule has 5 nitrogen and oxygen atoms in total. The van der Waals surface area contributed by atoms with E-state index in [1.807, 2.05) is 18.2 Å². The van der Waals surface area contributed by atoms with Gasteiger partial charge in [0.05, 0.1) is 18.9 Å². The molecule has 0 radical (unpaired) electrons. The van der Waals surface area contributed by atoms with Crippen molar-refractivity contribution in [1.29, 1.82) is 0 Å². The highest BCUT2D eigenvalue weighted by Crippen LogP contribution is 2.34. The fourth-order valence-electron chi connectivity index (χ4n) is 3.65. The lowest BCUT2D eigenvalue weighted by atomic mass is 10.1. The number of carbonyl (C=O) groups excluding carboxylic acids is 1. The predicted molar refractivity (Wildman–Crippen MR) is 102 cm³/mol. The molecule has 2 heterocycles. The van der Waals surface area contributed by atoms with Crippen LogP contribution in [0.5, 0.6) is 5.75 Å². The van der Waals surface area contributed by atoms with Crippen molar-refractivity contribution in [2.75, 3.05) is 13.7 Å². The minimum Gasteiger partial charge on any atom is -0.496 e. The number of carbonyl (C=O) groups is 1. The van der Waals surface area contributed by atoms with Crippen LogP contribution in [-0.2, 0) is 6.42 Å². The highest BCUT2D eigenvalue weighted by atomic mass is 19.1. The Morgan fingerprint density at radius 2 is 2.14 bits per heavy atom. The maximum atomic E-state index is 13.4. The first-order valence-electron chi connectivity index (χ1n) is 9.28. The van der Waals surface area contributed by atoms with Crippen molar-refractivity contribution >= 4 is 5.91 Å². The van der Waals surface area contributed by atoms with Gasteiger partial charge in [-0.1, -0.05) is 24.3 Å². The summed E-state index contributed by atoms with van der Waals surface area (Å²) in [5.74, 6) is 1.35. The summed E-state index contributed by atoms with van der Waals surface area (Å²) in [7, 11) is 1.56. The van der Waals surface area contributed by atoms with Crippen molar-refractivity contribution < 1.29 is 18.3 Å². The number of nitrogens with zero attached hydrogens (tertiary/aromatic N) is 2. The predicted octanol–water partition coefficient (Wildman–Crippen LogP) is 4.39. The van der Waals surface area contributed by atoms with Gasteiger partial charge >= 0.3 is 0 Å². The Morgan fingerprint density at radius 3 is 2.96 bits per heavy atom. The number of aromatic nitrogens is 1. The highest BCUT2D eigenvalue weighted by molar-refractivity contribution is 5.97. The number of likely N-dealkylation sites (tertiary alicyclic amines) is 1. The molecule has 4 rings (SSSR count). The van der Waals surface area contributed by atoms with Crippen LogP contribution < -0.4 is 4.74 Å². The van der Waals surface area contributed by atoms with Gasteiger partial charge in [-0.05, 0) is 42.7 Å². The zero-order valence-corrected chi connectivity index (χ0v) is 15.6. The third kappa shape index (κ3) is 3.63. The number of halogens is 1. The standard InChI is InChI=1S/C22H21FN2O3/c1-27-20-10-3-2-8-18(20)22(26)25-11-5-9-19(25)21-24-14-17(28-21)13-15-6-4-7-16(23)12-15/h2-4,6-8,10,12,14,19H,5,9,11,13H2,1H3/t19-/m1/s1. The van der Waals surface area contributed by atoms with Crippen LogP contribution in [0.15, 0.2) is 59.1 Å². The Labute approximate surface area is 162 Å². The van der Waals surface area contributed by atoms with Gasteiger partial charge < -0.3 is 14.1 Å². The van der Waals surface area contributed by atoms with E-state index in [0.717, 1.165) is 18.4 Å². The first-order chi connectivity index (χ1) is 13.7. The van der Waals surface area contributed by atoms with E-state index in [1.54, 1.807) is 36.4 Å². The molecule has 1 aliphatic heterocycles. The molecule has 0 unspecified atom stereocenters. The van der Waals surface area contributed by atoms with Crippen LogP contribution in [0.25, 0.3) is 0 Å². The van der Waals surface area contributed by atoms with Gasteiger partial charge in [0.15, 0.2) is 0 Å². The fourth-order valence-corrected chi connectivity index (χ4v) is 3.65. The third-order valence-corrected chi connectivity index (χ3v) is 4.97. The van der Waals surface area contributed by atoms with Gasteiger partial charge in [-0.15, -0.1) is 0 Å². The molecule has 1 atom stereocenters. The molecule has 2 aromatic carbocycles. The van der Waals surface area contributed by atoms with Gasteiger partial charge in [-0.25, -0.2) is 9.37 Å². The van der Waals surface area contributed by atoms with Crippen LogP contribution in [0.2, 0.25) is 0 Å². The first kappa shape index (κ1) is 18.2. The Morgan fingerprint density at radius 1 is 1.29 bits per heavy atom. The van der Waals surface area contributed by atoms with E-state index in [0.29, 0.717) is 35.9 Å². The van der Waals surface area contributed by atoms with Gasteiger partial charge in [-0.3, -0.25) is 4.79 Å². The lowest BCUT2D eigenvalue weighted by Crippen LogP contribution is -2.31. The lowest BCUT2D eigenvalue weighted by molar-refractivity contribution is 0.0711. The molecular weight excluding hydrogens is 359 g/mol. The zero-order chi connectivity index (χ0) is 19.5. The van der Waals surface area contributed by atoms with Crippen molar-refractivity contribution in [2.24, 2.45) is 0 Å². The molecule has 0 saturated carbocycles. The summed E-state index contributed by atoms with van der Waals surface area (Å²) in [6.07, 6.45) is 3.79. The molecule has 3 aromatic rings. The molecule has 0 N–H and O–H groups in total. The van der Waals surface area contributed by atoms with Gasteiger partial charge in [0.1, 0.15) is 23.4 Å². The molecule has 1 saturated heterocycles. The topological polar surface area (TPSA) is 55.6 Å². The SMILES string of the molecule is COc1ccccc1C(=O)N1CCC[C@@H]1c1ncc(Cc2cccc(F)c2)o1. The summed E-state index contributed by atoms with van der Waals surface area (Å²) in [6.45, 7) is 0.642.